The molecule has 0 heterocycles. The summed E-state index contributed by atoms with van der Waals surface area (Å²) in [7, 11) is 1.53. The lowest BCUT2D eigenvalue weighted by Crippen LogP contribution is -2.30. The smallest absolute Gasteiger partial charge is 0.251 e. The first-order chi connectivity index (χ1) is 9.49. The van der Waals surface area contributed by atoms with Gasteiger partial charge >= 0.3 is 0 Å². The maximum Gasteiger partial charge on any atom is 0.251 e. The van der Waals surface area contributed by atoms with E-state index in [4.69, 9.17) is 9.47 Å². The first kappa shape index (κ1) is 16.8. The number of hydrogen-bond donors (Lipinski definition) is 2. The number of nitrogens with one attached hydrogen (secondary N) is 1. The van der Waals surface area contributed by atoms with E-state index in [1.807, 2.05) is 6.92 Å². The van der Waals surface area contributed by atoms with E-state index in [0.717, 1.165) is 6.42 Å². The highest BCUT2D eigenvalue weighted by Gasteiger charge is 2.15. The van der Waals surface area contributed by atoms with Crippen molar-refractivity contribution in [1.29, 1.82) is 0 Å². The van der Waals surface area contributed by atoms with Crippen molar-refractivity contribution in [3.8, 4) is 11.5 Å². The summed E-state index contributed by atoms with van der Waals surface area (Å²) in [6.07, 6.45) is 0.295. The van der Waals surface area contributed by atoms with Gasteiger partial charge in [-0.3, -0.25) is 4.79 Å². The summed E-state index contributed by atoms with van der Waals surface area (Å²) in [5.41, 5.74) is 0.443. The molecule has 0 saturated carbocycles. The molecule has 0 aliphatic rings. The Balaban J connectivity index is 2.94. The third kappa shape index (κ3) is 4.68. The molecule has 0 radical (unpaired) electrons. The number of methoxy groups -OCH3 is 1. The Morgan fingerprint density at radius 1 is 1.50 bits per heavy atom. The Hall–Kier alpha value is -1.27. The number of carbonyl (C=O) groups excluding carboxylic acids is 1. The van der Waals surface area contributed by atoms with Crippen LogP contribution in [-0.4, -0.2) is 37.4 Å². The maximum absolute atomic E-state index is 12.0. The van der Waals surface area contributed by atoms with Crippen LogP contribution in [0.15, 0.2) is 16.6 Å². The van der Waals surface area contributed by atoms with Gasteiger partial charge < -0.3 is 19.9 Å². The van der Waals surface area contributed by atoms with Gasteiger partial charge in [0, 0.05) is 12.1 Å². The SMILES string of the molecule is CCCOc1c(Br)cc(C(=O)NCC(C)O)cc1OC. The molecule has 1 rings (SSSR count). The van der Waals surface area contributed by atoms with Gasteiger partial charge in [0.2, 0.25) is 0 Å². The van der Waals surface area contributed by atoms with Gasteiger partial charge in [0.1, 0.15) is 0 Å². The van der Waals surface area contributed by atoms with Gasteiger partial charge in [0.05, 0.1) is 24.3 Å². The second-order valence-corrected chi connectivity index (χ2v) is 5.25. The summed E-state index contributed by atoms with van der Waals surface area (Å²) >= 11 is 3.38. The molecule has 0 aliphatic carbocycles. The topological polar surface area (TPSA) is 67.8 Å². The molecule has 0 aromatic heterocycles. The first-order valence-electron chi connectivity index (χ1n) is 6.46. The molecule has 0 bridgehead atoms. The van der Waals surface area contributed by atoms with Gasteiger partial charge in [0.25, 0.3) is 5.91 Å². The lowest BCUT2D eigenvalue weighted by molar-refractivity contribution is 0.0923. The lowest BCUT2D eigenvalue weighted by Gasteiger charge is -2.14. The van der Waals surface area contributed by atoms with Crippen LogP contribution >= 0.6 is 15.9 Å². The van der Waals surface area contributed by atoms with E-state index in [2.05, 4.69) is 21.2 Å². The number of aliphatic hydroxyl groups is 1. The molecule has 0 saturated heterocycles. The molecule has 1 atom stereocenters. The molecule has 0 spiro atoms. The minimum Gasteiger partial charge on any atom is -0.493 e. The van der Waals surface area contributed by atoms with Crippen LogP contribution in [0.5, 0.6) is 11.5 Å². The van der Waals surface area contributed by atoms with Crippen molar-refractivity contribution in [1.82, 2.24) is 5.32 Å². The Labute approximate surface area is 127 Å². The zero-order chi connectivity index (χ0) is 15.1. The Bertz CT molecular complexity index is 463. The van der Waals surface area contributed by atoms with Gasteiger partial charge in [-0.15, -0.1) is 0 Å². The predicted octanol–water partition coefficient (Wildman–Crippen LogP) is 2.36. The number of amides is 1. The molecular formula is C14H20BrNO4. The summed E-state index contributed by atoms with van der Waals surface area (Å²) < 4.78 is 11.5. The van der Waals surface area contributed by atoms with Crippen molar-refractivity contribution >= 4 is 21.8 Å². The molecule has 112 valence electrons. The van der Waals surface area contributed by atoms with E-state index in [0.29, 0.717) is 28.1 Å². The fraction of sp³-hybridized carbons (Fsp3) is 0.500. The van der Waals surface area contributed by atoms with Gasteiger partial charge in [-0.1, -0.05) is 6.92 Å². The minimum absolute atomic E-state index is 0.201. The highest BCUT2D eigenvalue weighted by atomic mass is 79.9. The third-order valence-corrected chi connectivity index (χ3v) is 3.09. The molecular weight excluding hydrogens is 326 g/mol. The van der Waals surface area contributed by atoms with Crippen LogP contribution in [0.2, 0.25) is 0 Å². The van der Waals surface area contributed by atoms with Crippen molar-refractivity contribution in [2.75, 3.05) is 20.3 Å². The number of benzene rings is 1. The fourth-order valence-corrected chi connectivity index (χ4v) is 2.09. The average Bonchev–Trinajstić information content (AvgIpc) is 2.42. The predicted molar refractivity (Wildman–Crippen MR) is 80.5 cm³/mol. The quantitative estimate of drug-likeness (QED) is 0.795. The van der Waals surface area contributed by atoms with Crippen molar-refractivity contribution in [3.63, 3.8) is 0 Å². The van der Waals surface area contributed by atoms with E-state index in [1.54, 1.807) is 19.1 Å². The molecule has 2 N–H and O–H groups in total. The Kier molecular flexibility index (Phi) is 6.81. The normalized spacial score (nSPS) is 11.8. The molecule has 1 amide bonds. The molecule has 5 nitrogen and oxygen atoms in total. The summed E-state index contributed by atoms with van der Waals surface area (Å²) in [6, 6.07) is 3.29. The van der Waals surface area contributed by atoms with Crippen molar-refractivity contribution in [3.05, 3.63) is 22.2 Å². The van der Waals surface area contributed by atoms with Gasteiger partial charge in [-0.2, -0.15) is 0 Å². The highest BCUT2D eigenvalue weighted by molar-refractivity contribution is 9.10. The number of ether oxygens (including phenoxy) is 2. The van der Waals surface area contributed by atoms with Gasteiger partial charge in [-0.05, 0) is 41.4 Å². The number of aliphatic hydroxyl groups excluding tert-OH is 1. The number of halogens is 1. The van der Waals surface area contributed by atoms with Crippen LogP contribution < -0.4 is 14.8 Å². The molecule has 20 heavy (non-hydrogen) atoms. The second kappa shape index (κ2) is 8.11. The zero-order valence-electron chi connectivity index (χ0n) is 11.9. The zero-order valence-corrected chi connectivity index (χ0v) is 13.5. The van der Waals surface area contributed by atoms with Crippen LogP contribution in [0.3, 0.4) is 0 Å². The number of rotatable bonds is 7. The van der Waals surface area contributed by atoms with E-state index >= 15 is 0 Å². The van der Waals surface area contributed by atoms with Crippen molar-refractivity contribution in [2.45, 2.75) is 26.4 Å². The summed E-state index contributed by atoms with van der Waals surface area (Å²) in [5.74, 6) is 0.809. The maximum atomic E-state index is 12.0. The lowest BCUT2D eigenvalue weighted by atomic mass is 10.2. The minimum atomic E-state index is -0.587. The summed E-state index contributed by atoms with van der Waals surface area (Å²) in [5, 5.41) is 11.8. The number of hydrogen-bond acceptors (Lipinski definition) is 4. The van der Waals surface area contributed by atoms with Crippen LogP contribution in [0.4, 0.5) is 0 Å². The summed E-state index contributed by atoms with van der Waals surface area (Å²) in [6.45, 7) is 4.39. The van der Waals surface area contributed by atoms with E-state index < -0.39 is 6.10 Å². The molecule has 1 unspecified atom stereocenters. The largest absolute Gasteiger partial charge is 0.493 e. The monoisotopic (exact) mass is 345 g/mol. The Morgan fingerprint density at radius 2 is 2.20 bits per heavy atom. The molecule has 6 heteroatoms. The van der Waals surface area contributed by atoms with Crippen LogP contribution in [0.25, 0.3) is 0 Å². The van der Waals surface area contributed by atoms with Crippen LogP contribution in [0, 0.1) is 0 Å². The molecule has 0 aliphatic heterocycles. The van der Waals surface area contributed by atoms with Gasteiger partial charge in [-0.25, -0.2) is 0 Å². The highest BCUT2D eigenvalue weighted by Crippen LogP contribution is 2.36. The third-order valence-electron chi connectivity index (χ3n) is 2.50. The molecule has 0 fully saturated rings. The van der Waals surface area contributed by atoms with E-state index in [-0.39, 0.29) is 12.5 Å². The fourth-order valence-electron chi connectivity index (χ4n) is 1.54. The Morgan fingerprint density at radius 3 is 2.75 bits per heavy atom. The van der Waals surface area contributed by atoms with Crippen molar-refractivity contribution in [2.24, 2.45) is 0 Å². The van der Waals surface area contributed by atoms with Crippen molar-refractivity contribution < 1.29 is 19.4 Å². The second-order valence-electron chi connectivity index (χ2n) is 4.40. The number of carbonyl (C=O) groups is 1. The average molecular weight is 346 g/mol. The van der Waals surface area contributed by atoms with E-state index in [9.17, 15) is 9.90 Å². The molecule has 1 aromatic rings. The van der Waals surface area contributed by atoms with Gasteiger partial charge in [0.15, 0.2) is 11.5 Å². The summed E-state index contributed by atoms with van der Waals surface area (Å²) in [4.78, 5) is 12.0. The standard InChI is InChI=1S/C14H20BrNO4/c1-4-5-20-13-11(15)6-10(7-12(13)19-3)14(18)16-8-9(2)17/h6-7,9,17H,4-5,8H2,1-3H3,(H,16,18). The van der Waals surface area contributed by atoms with Crippen LogP contribution in [-0.2, 0) is 0 Å². The molecule has 1 aromatic carbocycles. The first-order valence-corrected chi connectivity index (χ1v) is 7.25. The van der Waals surface area contributed by atoms with E-state index in [1.165, 1.54) is 7.11 Å². The van der Waals surface area contributed by atoms with Crippen LogP contribution in [0.1, 0.15) is 30.6 Å².